The van der Waals surface area contributed by atoms with E-state index in [0.717, 1.165) is 10.7 Å². The van der Waals surface area contributed by atoms with Gasteiger partial charge in [0.15, 0.2) is 0 Å². The molecule has 1 heteroatoms. The molecule has 1 aromatic rings. The summed E-state index contributed by atoms with van der Waals surface area (Å²) in [4.78, 5) is 0. The molecule has 1 aliphatic rings. The van der Waals surface area contributed by atoms with E-state index in [1.165, 1.54) is 10.8 Å². The summed E-state index contributed by atoms with van der Waals surface area (Å²) in [6.07, 6.45) is 4.68. The van der Waals surface area contributed by atoms with E-state index >= 15 is 0 Å². The fourth-order valence-electron chi connectivity index (χ4n) is 1.90. The van der Waals surface area contributed by atoms with Crippen LogP contribution in [0, 0.1) is 5.92 Å². The first kappa shape index (κ1) is 10.0. The zero-order valence-corrected chi connectivity index (χ0v) is 10.1. The third kappa shape index (κ3) is 2.11. The monoisotopic (exact) mass is 199 g/mol. The van der Waals surface area contributed by atoms with Gasteiger partial charge in [-0.05, 0) is 0 Å². The van der Waals surface area contributed by atoms with Gasteiger partial charge < -0.3 is 0 Å². The topological polar surface area (TPSA) is 0 Å². The normalized spacial score (nSPS) is 18.4. The molecule has 0 saturated heterocycles. The van der Waals surface area contributed by atoms with Gasteiger partial charge in [0.05, 0.1) is 0 Å². The SMILES string of the molecule is CC(C)[CH2][Al+][CH]1C=Cc2ccccc21. The Bertz CT molecular complexity index is 339. The fraction of sp³-hybridized carbons (Fsp3) is 0.385. The van der Waals surface area contributed by atoms with Crippen LogP contribution in [0.4, 0.5) is 0 Å². The number of benzene rings is 1. The van der Waals surface area contributed by atoms with E-state index in [4.69, 9.17) is 0 Å². The van der Waals surface area contributed by atoms with Gasteiger partial charge in [-0.1, -0.05) is 0 Å². The Morgan fingerprint density at radius 3 is 2.86 bits per heavy atom. The summed E-state index contributed by atoms with van der Waals surface area (Å²) in [7, 11) is 0. The van der Waals surface area contributed by atoms with E-state index < -0.39 is 0 Å². The molecule has 0 spiro atoms. The average Bonchev–Trinajstić information content (AvgIpc) is 2.58. The van der Waals surface area contributed by atoms with E-state index in [1.807, 2.05) is 0 Å². The molecule has 70 valence electrons. The Morgan fingerprint density at radius 1 is 1.29 bits per heavy atom. The maximum atomic E-state index is 2.39. The minimum atomic E-state index is 0.546. The minimum absolute atomic E-state index is 0.546. The van der Waals surface area contributed by atoms with Gasteiger partial charge in [0.2, 0.25) is 0 Å². The van der Waals surface area contributed by atoms with Crippen LogP contribution in [0.3, 0.4) is 0 Å². The molecule has 0 heterocycles. The Morgan fingerprint density at radius 2 is 2.07 bits per heavy atom. The van der Waals surface area contributed by atoms with Crippen LogP contribution in [0.15, 0.2) is 30.3 Å². The molecule has 2 rings (SSSR count). The summed E-state index contributed by atoms with van der Waals surface area (Å²) >= 11 is 0.546. The van der Waals surface area contributed by atoms with Gasteiger partial charge in [0.25, 0.3) is 0 Å². The second-order valence-corrected chi connectivity index (χ2v) is 6.04. The molecule has 1 aromatic carbocycles. The van der Waals surface area contributed by atoms with Gasteiger partial charge >= 0.3 is 92.6 Å². The maximum absolute atomic E-state index is 2.39. The molecule has 14 heavy (non-hydrogen) atoms. The van der Waals surface area contributed by atoms with Crippen molar-refractivity contribution in [3.8, 4) is 0 Å². The van der Waals surface area contributed by atoms with Gasteiger partial charge in [0.1, 0.15) is 0 Å². The molecule has 0 nitrogen and oxygen atoms in total. The van der Waals surface area contributed by atoms with Crippen molar-refractivity contribution in [2.24, 2.45) is 5.92 Å². The van der Waals surface area contributed by atoms with Gasteiger partial charge in [-0.2, -0.15) is 0 Å². The predicted octanol–water partition coefficient (Wildman–Crippen LogP) is 3.53. The average molecular weight is 199 g/mol. The second-order valence-electron chi connectivity index (χ2n) is 4.38. The number of hydrogen-bond donors (Lipinski definition) is 0. The molecule has 0 amide bonds. The van der Waals surface area contributed by atoms with Crippen LogP contribution in [0.2, 0.25) is 5.28 Å². The summed E-state index contributed by atoms with van der Waals surface area (Å²) in [5.74, 6) is 0.853. The van der Waals surface area contributed by atoms with Crippen LogP contribution in [-0.2, 0) is 0 Å². The van der Waals surface area contributed by atoms with Gasteiger partial charge in [-0.25, -0.2) is 0 Å². The van der Waals surface area contributed by atoms with E-state index in [0.29, 0.717) is 15.2 Å². The Hall–Kier alpha value is -0.508. The Labute approximate surface area is 92.7 Å². The van der Waals surface area contributed by atoms with Crippen LogP contribution in [0.5, 0.6) is 0 Å². The van der Waals surface area contributed by atoms with E-state index in [1.54, 1.807) is 5.56 Å². The molecular weight excluding hydrogens is 183 g/mol. The molecule has 0 N–H and O–H groups in total. The summed E-state index contributed by atoms with van der Waals surface area (Å²) in [6.45, 7) is 4.63. The number of fused-ring (bicyclic) bond motifs is 1. The van der Waals surface area contributed by atoms with Crippen molar-refractivity contribution in [1.82, 2.24) is 0 Å². The van der Waals surface area contributed by atoms with E-state index in [9.17, 15) is 0 Å². The molecular formula is C13H16Al+. The van der Waals surface area contributed by atoms with E-state index in [-0.39, 0.29) is 0 Å². The van der Waals surface area contributed by atoms with E-state index in [2.05, 4.69) is 50.3 Å². The molecule has 0 radical (unpaired) electrons. The molecule has 0 aromatic heterocycles. The zero-order chi connectivity index (χ0) is 9.97. The number of hydrogen-bond acceptors (Lipinski definition) is 0. The van der Waals surface area contributed by atoms with Gasteiger partial charge in [-0.15, -0.1) is 0 Å². The van der Waals surface area contributed by atoms with Crippen molar-refractivity contribution in [2.45, 2.75) is 23.9 Å². The Kier molecular flexibility index (Phi) is 3.11. The first-order valence-electron chi connectivity index (χ1n) is 5.38. The molecule has 1 aliphatic carbocycles. The fourth-order valence-corrected chi connectivity index (χ4v) is 3.56. The van der Waals surface area contributed by atoms with Gasteiger partial charge in [0, 0.05) is 0 Å². The molecule has 1 atom stereocenters. The third-order valence-electron chi connectivity index (χ3n) is 2.70. The summed E-state index contributed by atoms with van der Waals surface area (Å²) in [6, 6.07) is 8.80. The zero-order valence-electron chi connectivity index (χ0n) is 8.90. The number of allylic oxidation sites excluding steroid dienone is 1. The van der Waals surface area contributed by atoms with Crippen molar-refractivity contribution in [3.63, 3.8) is 0 Å². The first-order valence-corrected chi connectivity index (χ1v) is 6.86. The predicted molar refractivity (Wildman–Crippen MR) is 63.6 cm³/mol. The van der Waals surface area contributed by atoms with Crippen molar-refractivity contribution in [2.75, 3.05) is 0 Å². The molecule has 0 bridgehead atoms. The molecule has 0 aliphatic heterocycles. The third-order valence-corrected chi connectivity index (χ3v) is 5.00. The van der Waals surface area contributed by atoms with Crippen LogP contribution >= 0.6 is 0 Å². The van der Waals surface area contributed by atoms with Crippen LogP contribution < -0.4 is 0 Å². The van der Waals surface area contributed by atoms with Crippen molar-refractivity contribution >= 4 is 21.3 Å². The van der Waals surface area contributed by atoms with Crippen molar-refractivity contribution in [1.29, 1.82) is 0 Å². The molecule has 0 saturated carbocycles. The van der Waals surface area contributed by atoms with Crippen LogP contribution in [0.25, 0.3) is 6.08 Å². The van der Waals surface area contributed by atoms with Crippen LogP contribution in [-0.4, -0.2) is 15.2 Å². The summed E-state index contributed by atoms with van der Waals surface area (Å²) < 4.78 is 0.758. The quantitative estimate of drug-likeness (QED) is 0.653. The van der Waals surface area contributed by atoms with Crippen molar-refractivity contribution < 1.29 is 0 Å². The summed E-state index contributed by atoms with van der Waals surface area (Å²) in [5.41, 5.74) is 3.00. The first-order chi connectivity index (χ1) is 6.77. The Balaban J connectivity index is 2.07. The van der Waals surface area contributed by atoms with Crippen molar-refractivity contribution in [3.05, 3.63) is 41.5 Å². The molecule has 1 unspecified atom stereocenters. The van der Waals surface area contributed by atoms with Gasteiger partial charge in [-0.3, -0.25) is 0 Å². The number of rotatable bonds is 3. The van der Waals surface area contributed by atoms with Crippen LogP contribution in [0.1, 0.15) is 29.8 Å². The summed E-state index contributed by atoms with van der Waals surface area (Å²) in [5, 5.41) is 1.41. The second kappa shape index (κ2) is 4.34. The standard InChI is InChI=1S/C9H7.C4H9.Al/c1-2-5-9-7-3-6-8(9)4-1;1-4(2)3;/h1-7H;4H,1H2,2-3H3;/q;;+1. The molecule has 0 fully saturated rings.